The van der Waals surface area contributed by atoms with Crippen LogP contribution >= 0.6 is 0 Å². The number of likely N-dealkylation sites (tertiary alicyclic amines) is 1. The van der Waals surface area contributed by atoms with Crippen LogP contribution in [0.25, 0.3) is 0 Å². The Kier molecular flexibility index (Phi) is 4.13. The molecule has 22 heavy (non-hydrogen) atoms. The number of piperidine rings is 1. The quantitative estimate of drug-likeness (QED) is 0.613. The lowest BCUT2D eigenvalue weighted by Crippen LogP contribution is -2.47. The van der Waals surface area contributed by atoms with Gasteiger partial charge in [-0.2, -0.15) is 0 Å². The second kappa shape index (κ2) is 6.06. The van der Waals surface area contributed by atoms with Crippen LogP contribution in [0.1, 0.15) is 30.1 Å². The van der Waals surface area contributed by atoms with Gasteiger partial charge in [-0.05, 0) is 18.2 Å². The minimum absolute atomic E-state index is 0.0677. The van der Waals surface area contributed by atoms with E-state index in [-0.39, 0.29) is 5.91 Å². The lowest BCUT2D eigenvalue weighted by molar-refractivity contribution is -0.181. The summed E-state index contributed by atoms with van der Waals surface area (Å²) in [5, 5.41) is 0. The summed E-state index contributed by atoms with van der Waals surface area (Å²) in [6.45, 7) is 3.77. The van der Waals surface area contributed by atoms with Crippen LogP contribution in [0.3, 0.4) is 0 Å². The minimum Gasteiger partial charge on any atom is -0.427 e. The van der Waals surface area contributed by atoms with Crippen LogP contribution in [-0.4, -0.2) is 48.9 Å². The molecule has 6 heteroatoms. The maximum absolute atomic E-state index is 12.5. The monoisotopic (exact) mass is 305 g/mol. The molecule has 118 valence electrons. The van der Waals surface area contributed by atoms with Crippen molar-refractivity contribution in [2.45, 2.75) is 25.6 Å². The third-order valence-electron chi connectivity index (χ3n) is 3.97. The van der Waals surface area contributed by atoms with Crippen molar-refractivity contribution >= 4 is 11.9 Å². The standard InChI is InChI=1S/C16H19NO5/c1-12(18)22-14-4-2-3-13(11-14)15(19)17-7-5-16(6-8-17)20-9-10-21-16/h2-4,11H,5-10H2,1H3. The maximum atomic E-state index is 12.5. The molecule has 0 atom stereocenters. The van der Waals surface area contributed by atoms with Gasteiger partial charge in [0, 0.05) is 38.4 Å². The molecule has 2 saturated heterocycles. The van der Waals surface area contributed by atoms with Crippen molar-refractivity contribution in [3.8, 4) is 5.75 Å². The van der Waals surface area contributed by atoms with Gasteiger partial charge in [0.25, 0.3) is 5.91 Å². The first-order valence-electron chi connectivity index (χ1n) is 7.44. The molecule has 0 aliphatic carbocycles. The van der Waals surface area contributed by atoms with E-state index in [1.165, 1.54) is 6.92 Å². The van der Waals surface area contributed by atoms with Gasteiger partial charge in [-0.1, -0.05) is 6.07 Å². The zero-order chi connectivity index (χ0) is 15.6. The molecule has 1 aromatic rings. The predicted octanol–water partition coefficient (Wildman–Crippen LogP) is 1.59. The van der Waals surface area contributed by atoms with Crippen molar-refractivity contribution in [3.05, 3.63) is 29.8 Å². The fraction of sp³-hybridized carbons (Fsp3) is 0.500. The summed E-state index contributed by atoms with van der Waals surface area (Å²) in [5.41, 5.74) is 0.517. The van der Waals surface area contributed by atoms with Crippen LogP contribution in [0.2, 0.25) is 0 Å². The van der Waals surface area contributed by atoms with Gasteiger partial charge in [0.1, 0.15) is 5.75 Å². The van der Waals surface area contributed by atoms with Gasteiger partial charge in [-0.3, -0.25) is 9.59 Å². The van der Waals surface area contributed by atoms with Crippen molar-refractivity contribution in [2.24, 2.45) is 0 Å². The van der Waals surface area contributed by atoms with E-state index in [0.717, 1.165) is 0 Å². The summed E-state index contributed by atoms with van der Waals surface area (Å²) in [7, 11) is 0. The zero-order valence-corrected chi connectivity index (χ0v) is 12.5. The van der Waals surface area contributed by atoms with Crippen LogP contribution in [0, 0.1) is 0 Å². The molecule has 0 bridgehead atoms. The molecule has 1 spiro atoms. The second-order valence-corrected chi connectivity index (χ2v) is 5.52. The average Bonchev–Trinajstić information content (AvgIpc) is 2.95. The van der Waals surface area contributed by atoms with Crippen molar-refractivity contribution in [1.82, 2.24) is 4.90 Å². The number of amides is 1. The Hall–Kier alpha value is -1.92. The van der Waals surface area contributed by atoms with Crippen LogP contribution in [-0.2, 0) is 14.3 Å². The Morgan fingerprint density at radius 3 is 2.50 bits per heavy atom. The van der Waals surface area contributed by atoms with Gasteiger partial charge in [0.2, 0.25) is 0 Å². The van der Waals surface area contributed by atoms with E-state index in [4.69, 9.17) is 14.2 Å². The molecular weight excluding hydrogens is 286 g/mol. The molecule has 2 fully saturated rings. The Bertz CT molecular complexity index is 570. The Morgan fingerprint density at radius 1 is 1.18 bits per heavy atom. The van der Waals surface area contributed by atoms with Crippen molar-refractivity contribution < 1.29 is 23.8 Å². The zero-order valence-electron chi connectivity index (χ0n) is 12.5. The molecule has 0 unspecified atom stereocenters. The first kappa shape index (κ1) is 15.0. The van der Waals surface area contributed by atoms with E-state index in [1.807, 2.05) is 0 Å². The van der Waals surface area contributed by atoms with Crippen LogP contribution in [0.4, 0.5) is 0 Å². The lowest BCUT2D eigenvalue weighted by atomic mass is 10.0. The third kappa shape index (κ3) is 3.13. The summed E-state index contributed by atoms with van der Waals surface area (Å²) in [4.78, 5) is 25.3. The van der Waals surface area contributed by atoms with Gasteiger partial charge in [-0.25, -0.2) is 0 Å². The molecule has 0 N–H and O–H groups in total. The second-order valence-electron chi connectivity index (χ2n) is 5.52. The molecule has 2 aliphatic heterocycles. The predicted molar refractivity (Wildman–Crippen MR) is 77.5 cm³/mol. The third-order valence-corrected chi connectivity index (χ3v) is 3.97. The number of nitrogens with zero attached hydrogens (tertiary/aromatic N) is 1. The van der Waals surface area contributed by atoms with Crippen LogP contribution in [0.15, 0.2) is 24.3 Å². The number of carbonyl (C=O) groups excluding carboxylic acids is 2. The highest BCUT2D eigenvalue weighted by Crippen LogP contribution is 2.31. The number of rotatable bonds is 2. The maximum Gasteiger partial charge on any atom is 0.308 e. The highest BCUT2D eigenvalue weighted by atomic mass is 16.7. The van der Waals surface area contributed by atoms with Gasteiger partial charge in [0.15, 0.2) is 5.79 Å². The lowest BCUT2D eigenvalue weighted by Gasteiger charge is -2.37. The number of carbonyl (C=O) groups is 2. The molecule has 1 amide bonds. The largest absolute Gasteiger partial charge is 0.427 e. The highest BCUT2D eigenvalue weighted by Gasteiger charge is 2.40. The van der Waals surface area contributed by atoms with Gasteiger partial charge < -0.3 is 19.1 Å². The number of hydrogen-bond donors (Lipinski definition) is 0. The summed E-state index contributed by atoms with van der Waals surface area (Å²) < 4.78 is 16.3. The molecule has 0 saturated carbocycles. The number of ether oxygens (including phenoxy) is 3. The molecule has 1 aromatic carbocycles. The first-order valence-corrected chi connectivity index (χ1v) is 7.44. The summed E-state index contributed by atoms with van der Waals surface area (Å²) >= 11 is 0. The van der Waals surface area contributed by atoms with Gasteiger partial charge in [0.05, 0.1) is 13.2 Å². The van der Waals surface area contributed by atoms with Crippen molar-refractivity contribution in [1.29, 1.82) is 0 Å². The summed E-state index contributed by atoms with van der Waals surface area (Å²) in [5.74, 6) is -0.577. The first-order chi connectivity index (χ1) is 10.6. The van der Waals surface area contributed by atoms with Crippen molar-refractivity contribution in [2.75, 3.05) is 26.3 Å². The Labute approximate surface area is 128 Å². The fourth-order valence-corrected chi connectivity index (χ4v) is 2.88. The van der Waals surface area contributed by atoms with Gasteiger partial charge in [-0.15, -0.1) is 0 Å². The SMILES string of the molecule is CC(=O)Oc1cccc(C(=O)N2CCC3(CC2)OCCO3)c1. The smallest absolute Gasteiger partial charge is 0.308 e. The number of esters is 1. The minimum atomic E-state index is -0.490. The van der Waals surface area contributed by atoms with E-state index in [2.05, 4.69) is 0 Å². The van der Waals surface area contributed by atoms with Crippen LogP contribution < -0.4 is 4.74 Å². The topological polar surface area (TPSA) is 65.1 Å². The van der Waals surface area contributed by atoms with E-state index in [0.29, 0.717) is 50.5 Å². The molecule has 2 aliphatic rings. The Morgan fingerprint density at radius 2 is 1.86 bits per heavy atom. The number of hydrogen-bond acceptors (Lipinski definition) is 5. The van der Waals surface area contributed by atoms with Gasteiger partial charge >= 0.3 is 5.97 Å². The van der Waals surface area contributed by atoms with E-state index >= 15 is 0 Å². The summed E-state index contributed by atoms with van der Waals surface area (Å²) in [6.07, 6.45) is 1.37. The van der Waals surface area contributed by atoms with E-state index in [9.17, 15) is 9.59 Å². The fourth-order valence-electron chi connectivity index (χ4n) is 2.88. The molecule has 2 heterocycles. The van der Waals surface area contributed by atoms with E-state index in [1.54, 1.807) is 29.2 Å². The van der Waals surface area contributed by atoms with E-state index < -0.39 is 11.8 Å². The normalized spacial score (nSPS) is 20.1. The molecular formula is C16H19NO5. The van der Waals surface area contributed by atoms with Crippen molar-refractivity contribution in [3.63, 3.8) is 0 Å². The highest BCUT2D eigenvalue weighted by molar-refractivity contribution is 5.94. The van der Waals surface area contributed by atoms with Crippen LogP contribution in [0.5, 0.6) is 5.75 Å². The molecule has 0 aromatic heterocycles. The molecule has 3 rings (SSSR count). The number of benzene rings is 1. The average molecular weight is 305 g/mol. The Balaban J connectivity index is 1.65. The molecule has 6 nitrogen and oxygen atoms in total. The summed E-state index contributed by atoms with van der Waals surface area (Å²) in [6, 6.07) is 6.68. The molecule has 0 radical (unpaired) electrons.